The smallest absolute Gasteiger partial charge is 0.180 e. The maximum Gasteiger partial charge on any atom is 0.180 e. The lowest BCUT2D eigenvalue weighted by Crippen LogP contribution is -2.39. The third-order valence-corrected chi connectivity index (χ3v) is 4.47. The minimum absolute atomic E-state index is 0.441. The molecule has 1 aromatic heterocycles. The Kier molecular flexibility index (Phi) is 5.06. The molecule has 5 heteroatoms. The molecule has 112 valence electrons. The Hall–Kier alpha value is -0.910. The quantitative estimate of drug-likeness (QED) is 0.888. The molecule has 0 radical (unpaired) electrons. The number of piperidine rings is 1. The Morgan fingerprint density at radius 2 is 2.20 bits per heavy atom. The number of nitrogens with one attached hydrogen (secondary N) is 1. The van der Waals surface area contributed by atoms with Crippen LogP contribution in [0.5, 0.6) is 0 Å². The third kappa shape index (κ3) is 4.04. The third-order valence-electron chi connectivity index (χ3n) is 4.47. The van der Waals surface area contributed by atoms with E-state index in [1.807, 2.05) is 6.20 Å². The van der Waals surface area contributed by atoms with E-state index in [4.69, 9.17) is 9.15 Å². The van der Waals surface area contributed by atoms with E-state index in [-0.39, 0.29) is 0 Å². The van der Waals surface area contributed by atoms with E-state index in [1.165, 1.54) is 45.2 Å². The van der Waals surface area contributed by atoms with Gasteiger partial charge in [0.2, 0.25) is 0 Å². The average Bonchev–Trinajstić information content (AvgIpc) is 3.01. The number of ether oxygens (including phenoxy) is 1. The van der Waals surface area contributed by atoms with Crippen molar-refractivity contribution in [1.29, 1.82) is 0 Å². The van der Waals surface area contributed by atoms with Gasteiger partial charge in [-0.25, -0.2) is 4.98 Å². The van der Waals surface area contributed by atoms with Crippen molar-refractivity contribution in [3.05, 3.63) is 18.4 Å². The number of morpholine rings is 1. The second-order valence-electron chi connectivity index (χ2n) is 5.96. The molecule has 2 aliphatic rings. The predicted octanol–water partition coefficient (Wildman–Crippen LogP) is 1.66. The van der Waals surface area contributed by atoms with Crippen molar-refractivity contribution in [2.45, 2.75) is 38.3 Å². The molecule has 1 atom stereocenters. The fraction of sp³-hybridized carbons (Fsp3) is 0.800. The molecule has 3 rings (SSSR count). The van der Waals surface area contributed by atoms with Gasteiger partial charge in [0.05, 0.1) is 25.5 Å². The fourth-order valence-corrected chi connectivity index (χ4v) is 3.20. The molecule has 2 saturated heterocycles. The van der Waals surface area contributed by atoms with E-state index in [2.05, 4.69) is 15.2 Å². The van der Waals surface area contributed by atoms with Crippen molar-refractivity contribution in [2.75, 3.05) is 32.8 Å². The van der Waals surface area contributed by atoms with Crippen LogP contribution < -0.4 is 5.32 Å². The van der Waals surface area contributed by atoms with Gasteiger partial charge in [0.25, 0.3) is 0 Å². The molecule has 0 spiro atoms. The molecule has 1 N–H and O–H groups in total. The predicted molar refractivity (Wildman–Crippen MR) is 76.3 cm³/mol. The first kappa shape index (κ1) is 14.0. The molecule has 0 amide bonds. The molecule has 1 unspecified atom stereocenters. The summed E-state index contributed by atoms with van der Waals surface area (Å²) in [6.45, 7) is 6.17. The first-order valence-electron chi connectivity index (χ1n) is 7.82. The van der Waals surface area contributed by atoms with Crippen LogP contribution in [0.2, 0.25) is 0 Å². The zero-order valence-electron chi connectivity index (χ0n) is 12.1. The standard InChI is InChI=1S/C15H25N3O2/c1(2-14-9-16-5-8-19-14)13-3-6-18(7-4-13)11-15-10-17-12-20-15/h10,12-14,16H,1-9,11H2. The van der Waals surface area contributed by atoms with E-state index in [0.717, 1.165) is 37.9 Å². The van der Waals surface area contributed by atoms with Crippen molar-refractivity contribution in [2.24, 2.45) is 5.92 Å². The number of likely N-dealkylation sites (tertiary alicyclic amines) is 1. The molecule has 0 aliphatic carbocycles. The summed E-state index contributed by atoms with van der Waals surface area (Å²) in [6.07, 6.45) is 8.89. The van der Waals surface area contributed by atoms with Crippen LogP contribution in [0.3, 0.4) is 0 Å². The monoisotopic (exact) mass is 279 g/mol. The van der Waals surface area contributed by atoms with E-state index in [1.54, 1.807) is 0 Å². The number of oxazole rings is 1. The Bertz CT molecular complexity index is 368. The maximum atomic E-state index is 5.77. The number of rotatable bonds is 5. The summed E-state index contributed by atoms with van der Waals surface area (Å²) < 4.78 is 11.1. The largest absolute Gasteiger partial charge is 0.447 e. The van der Waals surface area contributed by atoms with Crippen LogP contribution in [0.25, 0.3) is 0 Å². The van der Waals surface area contributed by atoms with Crippen molar-refractivity contribution < 1.29 is 9.15 Å². The van der Waals surface area contributed by atoms with Gasteiger partial charge in [0, 0.05) is 13.1 Å². The van der Waals surface area contributed by atoms with Gasteiger partial charge in [0.1, 0.15) is 5.76 Å². The second-order valence-corrected chi connectivity index (χ2v) is 5.96. The lowest BCUT2D eigenvalue weighted by atomic mass is 9.91. The van der Waals surface area contributed by atoms with Gasteiger partial charge >= 0.3 is 0 Å². The van der Waals surface area contributed by atoms with Gasteiger partial charge in [-0.3, -0.25) is 4.90 Å². The number of hydrogen-bond acceptors (Lipinski definition) is 5. The van der Waals surface area contributed by atoms with E-state index in [0.29, 0.717) is 6.10 Å². The van der Waals surface area contributed by atoms with Gasteiger partial charge in [-0.1, -0.05) is 0 Å². The molecule has 0 aromatic carbocycles. The summed E-state index contributed by atoms with van der Waals surface area (Å²) in [4.78, 5) is 6.44. The lowest BCUT2D eigenvalue weighted by Gasteiger charge is -2.32. The SMILES string of the molecule is c1ncc(CN2CCC(CCC3CNCCO3)CC2)o1. The van der Waals surface area contributed by atoms with Crippen LogP contribution in [0, 0.1) is 5.92 Å². The highest BCUT2D eigenvalue weighted by atomic mass is 16.5. The molecule has 2 fully saturated rings. The Morgan fingerprint density at radius 1 is 1.30 bits per heavy atom. The van der Waals surface area contributed by atoms with Crippen LogP contribution in [-0.4, -0.2) is 48.8 Å². The van der Waals surface area contributed by atoms with Gasteiger partial charge in [-0.05, 0) is 44.7 Å². The Balaban J connectivity index is 1.33. The highest BCUT2D eigenvalue weighted by Gasteiger charge is 2.22. The maximum absolute atomic E-state index is 5.77. The van der Waals surface area contributed by atoms with Crippen molar-refractivity contribution in [1.82, 2.24) is 15.2 Å². The van der Waals surface area contributed by atoms with E-state index in [9.17, 15) is 0 Å². The van der Waals surface area contributed by atoms with E-state index < -0.39 is 0 Å². The molecular weight excluding hydrogens is 254 g/mol. The highest BCUT2D eigenvalue weighted by Crippen LogP contribution is 2.24. The molecule has 0 bridgehead atoms. The van der Waals surface area contributed by atoms with Gasteiger partial charge in [0.15, 0.2) is 6.39 Å². The van der Waals surface area contributed by atoms with Gasteiger partial charge in [-0.15, -0.1) is 0 Å². The van der Waals surface area contributed by atoms with Crippen LogP contribution in [0.1, 0.15) is 31.4 Å². The number of hydrogen-bond donors (Lipinski definition) is 1. The van der Waals surface area contributed by atoms with Crippen LogP contribution >= 0.6 is 0 Å². The van der Waals surface area contributed by atoms with Crippen LogP contribution in [-0.2, 0) is 11.3 Å². The lowest BCUT2D eigenvalue weighted by molar-refractivity contribution is 0.0174. The summed E-state index contributed by atoms with van der Waals surface area (Å²) in [5.41, 5.74) is 0. The Labute approximate surface area is 120 Å². The molecule has 2 aliphatic heterocycles. The van der Waals surface area contributed by atoms with Gasteiger partial charge < -0.3 is 14.5 Å². The zero-order valence-corrected chi connectivity index (χ0v) is 12.1. The minimum atomic E-state index is 0.441. The number of nitrogens with zero attached hydrogens (tertiary/aromatic N) is 2. The average molecular weight is 279 g/mol. The summed E-state index contributed by atoms with van der Waals surface area (Å²) in [5, 5.41) is 3.40. The zero-order chi connectivity index (χ0) is 13.6. The molecule has 1 aromatic rings. The normalized spacial score (nSPS) is 25.9. The Morgan fingerprint density at radius 3 is 2.90 bits per heavy atom. The first-order valence-corrected chi connectivity index (χ1v) is 7.82. The first-order chi connectivity index (χ1) is 9.90. The second kappa shape index (κ2) is 7.20. The molecular formula is C15H25N3O2. The van der Waals surface area contributed by atoms with Crippen molar-refractivity contribution in [3.8, 4) is 0 Å². The van der Waals surface area contributed by atoms with Crippen molar-refractivity contribution in [3.63, 3.8) is 0 Å². The highest BCUT2D eigenvalue weighted by molar-refractivity contribution is 4.89. The van der Waals surface area contributed by atoms with Crippen LogP contribution in [0.4, 0.5) is 0 Å². The van der Waals surface area contributed by atoms with Crippen LogP contribution in [0.15, 0.2) is 17.0 Å². The minimum Gasteiger partial charge on any atom is -0.447 e. The molecule has 5 nitrogen and oxygen atoms in total. The van der Waals surface area contributed by atoms with E-state index >= 15 is 0 Å². The van der Waals surface area contributed by atoms with Gasteiger partial charge in [-0.2, -0.15) is 0 Å². The summed E-state index contributed by atoms with van der Waals surface area (Å²) in [6, 6.07) is 0. The summed E-state index contributed by atoms with van der Waals surface area (Å²) in [7, 11) is 0. The molecule has 0 saturated carbocycles. The summed E-state index contributed by atoms with van der Waals surface area (Å²) in [5.74, 6) is 1.84. The number of aromatic nitrogens is 1. The summed E-state index contributed by atoms with van der Waals surface area (Å²) >= 11 is 0. The van der Waals surface area contributed by atoms with Crippen molar-refractivity contribution >= 4 is 0 Å². The topological polar surface area (TPSA) is 50.5 Å². The molecule has 3 heterocycles. The fourth-order valence-electron chi connectivity index (χ4n) is 3.20. The molecule has 20 heavy (non-hydrogen) atoms.